The first-order valence-corrected chi connectivity index (χ1v) is 19.2. The fourth-order valence-corrected chi connectivity index (χ4v) is 6.39. The summed E-state index contributed by atoms with van der Waals surface area (Å²) >= 11 is 13.0. The molecule has 1 aromatic carbocycles. The van der Waals surface area contributed by atoms with Crippen LogP contribution in [0.2, 0.25) is 35.7 Å². The van der Waals surface area contributed by atoms with E-state index in [0.29, 0.717) is 52.7 Å². The molecule has 2 aliphatic rings. The lowest BCUT2D eigenvalue weighted by Gasteiger charge is -2.32. The third-order valence-corrected chi connectivity index (χ3v) is 9.99. The highest BCUT2D eigenvalue weighted by Gasteiger charge is 2.34. The van der Waals surface area contributed by atoms with Crippen LogP contribution >= 0.6 is 23.2 Å². The van der Waals surface area contributed by atoms with Gasteiger partial charge in [0.2, 0.25) is 0 Å². The molecule has 42 heavy (non-hydrogen) atoms. The number of benzene rings is 1. The number of anilines is 1. The molecule has 3 aromatic rings. The van der Waals surface area contributed by atoms with E-state index >= 15 is 0 Å². The normalized spacial score (nSPS) is 16.3. The molecule has 1 saturated carbocycles. The lowest BCUT2D eigenvalue weighted by Crippen LogP contribution is -2.37. The fraction of sp³-hybridized carbons (Fsp3) is 0.567. The molecule has 1 saturated heterocycles. The Balaban J connectivity index is 1.22. The Morgan fingerprint density at radius 3 is 2.48 bits per heavy atom. The first kappa shape index (κ1) is 31.1. The summed E-state index contributed by atoms with van der Waals surface area (Å²) in [6, 6.07) is 8.29. The van der Waals surface area contributed by atoms with Crippen molar-refractivity contribution in [2.24, 2.45) is 0 Å². The fourth-order valence-electron chi connectivity index (χ4n) is 5.06. The van der Waals surface area contributed by atoms with Crippen molar-refractivity contribution in [1.29, 1.82) is 0 Å². The molecule has 228 valence electrons. The highest BCUT2D eigenvalue weighted by molar-refractivity contribution is 6.76. The summed E-state index contributed by atoms with van der Waals surface area (Å²) in [5.41, 5.74) is 2.68. The molecular weight excluding hydrogens is 595 g/mol. The van der Waals surface area contributed by atoms with Crippen LogP contribution in [0.15, 0.2) is 28.8 Å². The maximum atomic E-state index is 12.7. The van der Waals surface area contributed by atoms with Gasteiger partial charge in [-0.1, -0.05) is 54.1 Å². The minimum absolute atomic E-state index is 0.0641. The molecule has 0 amide bonds. The summed E-state index contributed by atoms with van der Waals surface area (Å²) in [4.78, 5) is 14.8. The Morgan fingerprint density at radius 1 is 1.12 bits per heavy atom. The SMILES string of the molecule is CCOC(=O)c1cc(N2CCC(OCc3c(-c4c(Cl)cccc4Cl)noc3C3CC3)CC2)nn1COCC[Si](C)(C)C. The van der Waals surface area contributed by atoms with E-state index in [0.717, 1.165) is 62.0 Å². The minimum Gasteiger partial charge on any atom is -0.461 e. The van der Waals surface area contributed by atoms with Crippen molar-refractivity contribution in [1.82, 2.24) is 14.9 Å². The molecule has 1 aliphatic heterocycles. The van der Waals surface area contributed by atoms with Gasteiger partial charge in [-0.2, -0.15) is 5.10 Å². The number of ether oxygens (including phenoxy) is 3. The number of piperidine rings is 1. The van der Waals surface area contributed by atoms with Gasteiger partial charge in [0, 0.05) is 50.9 Å². The molecule has 2 fully saturated rings. The molecule has 0 bridgehead atoms. The largest absolute Gasteiger partial charge is 0.461 e. The van der Waals surface area contributed by atoms with Gasteiger partial charge in [0.15, 0.2) is 11.5 Å². The Morgan fingerprint density at radius 2 is 1.83 bits per heavy atom. The van der Waals surface area contributed by atoms with Crippen molar-refractivity contribution in [3.05, 3.63) is 51.3 Å². The number of rotatable bonds is 13. The Hall–Kier alpha value is -2.37. The number of hydrogen-bond donors (Lipinski definition) is 0. The summed E-state index contributed by atoms with van der Waals surface area (Å²) in [6.07, 6.45) is 3.87. The average Bonchev–Trinajstić information content (AvgIpc) is 3.57. The summed E-state index contributed by atoms with van der Waals surface area (Å²) in [7, 11) is -1.21. The van der Waals surface area contributed by atoms with Gasteiger partial charge in [-0.05, 0) is 50.8 Å². The van der Waals surface area contributed by atoms with Gasteiger partial charge in [0.05, 0.1) is 29.4 Å². The van der Waals surface area contributed by atoms with Crippen LogP contribution in [-0.4, -0.2) is 61.4 Å². The second-order valence-electron chi connectivity index (χ2n) is 12.2. The molecule has 9 nitrogen and oxygen atoms in total. The smallest absolute Gasteiger partial charge is 0.356 e. The van der Waals surface area contributed by atoms with E-state index in [9.17, 15) is 4.79 Å². The summed E-state index contributed by atoms with van der Waals surface area (Å²) in [5, 5.41) is 10.2. The Labute approximate surface area is 258 Å². The third-order valence-electron chi connectivity index (χ3n) is 7.66. The van der Waals surface area contributed by atoms with E-state index in [4.69, 9.17) is 47.0 Å². The van der Waals surface area contributed by atoms with Crippen molar-refractivity contribution < 1.29 is 23.5 Å². The lowest BCUT2D eigenvalue weighted by molar-refractivity contribution is 0.0245. The number of carbonyl (C=O) groups excluding carboxylic acids is 1. The molecule has 3 heterocycles. The molecule has 0 radical (unpaired) electrons. The van der Waals surface area contributed by atoms with E-state index in [1.54, 1.807) is 17.7 Å². The second kappa shape index (κ2) is 13.5. The molecule has 0 atom stereocenters. The summed E-state index contributed by atoms with van der Waals surface area (Å²) in [6.45, 7) is 11.8. The second-order valence-corrected chi connectivity index (χ2v) is 18.6. The van der Waals surface area contributed by atoms with Gasteiger partial charge in [0.1, 0.15) is 18.2 Å². The molecule has 0 N–H and O–H groups in total. The molecule has 0 spiro atoms. The van der Waals surface area contributed by atoms with E-state index in [-0.39, 0.29) is 12.8 Å². The van der Waals surface area contributed by atoms with E-state index < -0.39 is 14.0 Å². The number of aromatic nitrogens is 3. The Kier molecular flexibility index (Phi) is 9.99. The van der Waals surface area contributed by atoms with Gasteiger partial charge in [-0.25, -0.2) is 9.48 Å². The number of nitrogens with zero attached hydrogens (tertiary/aromatic N) is 4. The quantitative estimate of drug-likeness (QED) is 0.109. The average molecular weight is 636 g/mol. The van der Waals surface area contributed by atoms with Crippen LogP contribution in [0, 0.1) is 0 Å². The van der Waals surface area contributed by atoms with Crippen molar-refractivity contribution >= 4 is 43.1 Å². The summed E-state index contributed by atoms with van der Waals surface area (Å²) < 4.78 is 25.0. The highest BCUT2D eigenvalue weighted by Crippen LogP contribution is 2.46. The molecule has 12 heteroatoms. The first-order valence-electron chi connectivity index (χ1n) is 14.8. The summed E-state index contributed by atoms with van der Waals surface area (Å²) in [5.74, 6) is 1.60. The van der Waals surface area contributed by atoms with Crippen LogP contribution in [0.25, 0.3) is 11.3 Å². The standard InChI is InChI=1S/C30H40Cl2N4O5Si/c1-5-39-30(37)25-17-26(33-36(25)19-38-15-16-42(2,3)4)35-13-11-21(12-14-35)40-18-22-28(34-41-29(22)20-9-10-20)27-23(31)7-6-8-24(27)32/h6-8,17,20-21H,5,9-16,18-19H2,1-4H3. The van der Waals surface area contributed by atoms with Gasteiger partial charge >= 0.3 is 5.97 Å². The number of hydrogen-bond acceptors (Lipinski definition) is 8. The zero-order valence-corrected chi connectivity index (χ0v) is 27.3. The first-order chi connectivity index (χ1) is 20.1. The Bertz CT molecular complexity index is 1360. The monoisotopic (exact) mass is 634 g/mol. The van der Waals surface area contributed by atoms with E-state index in [1.807, 2.05) is 18.2 Å². The predicted octanol–water partition coefficient (Wildman–Crippen LogP) is 7.40. The molecule has 2 aromatic heterocycles. The lowest BCUT2D eigenvalue weighted by atomic mass is 10.0. The molecule has 1 aliphatic carbocycles. The number of halogens is 2. The molecule has 0 unspecified atom stereocenters. The predicted molar refractivity (Wildman–Crippen MR) is 166 cm³/mol. The third kappa shape index (κ3) is 7.58. The van der Waals surface area contributed by atoms with Crippen molar-refractivity contribution in [2.75, 3.05) is 31.2 Å². The maximum Gasteiger partial charge on any atom is 0.356 e. The van der Waals surface area contributed by atoms with Crippen molar-refractivity contribution in [3.8, 4) is 11.3 Å². The van der Waals surface area contributed by atoms with Crippen molar-refractivity contribution in [2.45, 2.75) is 83.7 Å². The topological polar surface area (TPSA) is 91.9 Å². The molecule has 5 rings (SSSR count). The van der Waals surface area contributed by atoms with Crippen molar-refractivity contribution in [3.63, 3.8) is 0 Å². The van der Waals surface area contributed by atoms with E-state index in [1.165, 1.54) is 0 Å². The van der Waals surface area contributed by atoms with E-state index in [2.05, 4.69) is 29.7 Å². The minimum atomic E-state index is -1.21. The van der Waals surface area contributed by atoms with Gasteiger partial charge in [-0.3, -0.25) is 0 Å². The van der Waals surface area contributed by atoms with Gasteiger partial charge in [-0.15, -0.1) is 0 Å². The maximum absolute atomic E-state index is 12.7. The van der Waals surface area contributed by atoms with Crippen LogP contribution in [0.4, 0.5) is 5.82 Å². The van der Waals surface area contributed by atoms with Crippen LogP contribution in [-0.2, 0) is 27.5 Å². The molecular formula is C30H40Cl2N4O5Si. The number of esters is 1. The van der Waals surface area contributed by atoms with Crippen LogP contribution in [0.5, 0.6) is 0 Å². The van der Waals surface area contributed by atoms with Gasteiger partial charge in [0.25, 0.3) is 0 Å². The van der Waals surface area contributed by atoms with Crippen LogP contribution in [0.1, 0.15) is 60.3 Å². The zero-order chi connectivity index (χ0) is 29.9. The van der Waals surface area contributed by atoms with Crippen LogP contribution < -0.4 is 4.90 Å². The zero-order valence-electron chi connectivity index (χ0n) is 24.8. The van der Waals surface area contributed by atoms with Crippen LogP contribution in [0.3, 0.4) is 0 Å². The van der Waals surface area contributed by atoms with Gasteiger partial charge < -0.3 is 23.6 Å². The highest BCUT2D eigenvalue weighted by atomic mass is 35.5. The number of carbonyl (C=O) groups is 1.